The van der Waals surface area contributed by atoms with Gasteiger partial charge in [-0.3, -0.25) is 4.79 Å². The third-order valence-electron chi connectivity index (χ3n) is 4.10. The minimum atomic E-state index is 0.0165. The van der Waals surface area contributed by atoms with Crippen LogP contribution in [0.1, 0.15) is 29.7 Å². The van der Waals surface area contributed by atoms with E-state index >= 15 is 0 Å². The molecule has 0 aliphatic carbocycles. The van der Waals surface area contributed by atoms with Gasteiger partial charge >= 0.3 is 0 Å². The van der Waals surface area contributed by atoms with E-state index in [0.29, 0.717) is 13.1 Å². The molecule has 3 N–H and O–H groups in total. The van der Waals surface area contributed by atoms with Crippen LogP contribution in [-0.4, -0.2) is 36.2 Å². The third-order valence-corrected chi connectivity index (χ3v) is 4.10. The maximum Gasteiger partial charge on any atom is 0.224 e. The van der Waals surface area contributed by atoms with E-state index < -0.39 is 0 Å². The molecule has 110 valence electrons. The summed E-state index contributed by atoms with van der Waals surface area (Å²) in [6.45, 7) is 5.99. The van der Waals surface area contributed by atoms with Crippen molar-refractivity contribution in [2.24, 2.45) is 11.7 Å². The van der Waals surface area contributed by atoms with Crippen LogP contribution in [0.3, 0.4) is 0 Å². The number of nitrogens with one attached hydrogen (secondary N) is 1. The number of nitrogens with two attached hydrogens (primary N) is 1. The Morgan fingerprint density at radius 2 is 2.20 bits per heavy atom. The molecule has 0 bridgehead atoms. The van der Waals surface area contributed by atoms with Gasteiger partial charge in [0.25, 0.3) is 0 Å². The number of hydrogen-bond acceptors (Lipinski definition) is 5. The summed E-state index contributed by atoms with van der Waals surface area (Å²) in [7, 11) is 1.68. The summed E-state index contributed by atoms with van der Waals surface area (Å²) in [5.41, 5.74) is 8.92. The number of nitrogens with zero attached hydrogens (tertiary/aromatic N) is 3. The monoisotopic (exact) mass is 277 g/mol. The van der Waals surface area contributed by atoms with Gasteiger partial charge in [0.15, 0.2) is 5.82 Å². The highest BCUT2D eigenvalue weighted by Crippen LogP contribution is 2.26. The molecular formula is C14H23N5O. The van der Waals surface area contributed by atoms with E-state index in [9.17, 15) is 4.79 Å². The van der Waals surface area contributed by atoms with Crippen molar-refractivity contribution in [2.75, 3.05) is 25.0 Å². The molecule has 2 rings (SSSR count). The molecule has 6 nitrogen and oxygen atoms in total. The number of hydrogen-bond donors (Lipinski definition) is 2. The number of piperidine rings is 1. The van der Waals surface area contributed by atoms with Crippen LogP contribution in [0.2, 0.25) is 0 Å². The minimum Gasteiger partial charge on any atom is -0.359 e. The molecule has 1 fully saturated rings. The fourth-order valence-electron chi connectivity index (χ4n) is 2.73. The van der Waals surface area contributed by atoms with Crippen LogP contribution in [0.5, 0.6) is 0 Å². The maximum absolute atomic E-state index is 11.8. The zero-order valence-electron chi connectivity index (χ0n) is 12.4. The average Bonchev–Trinajstić information content (AvgIpc) is 2.49. The van der Waals surface area contributed by atoms with Crippen molar-refractivity contribution in [3.8, 4) is 0 Å². The Balaban J connectivity index is 2.27. The number of amides is 1. The van der Waals surface area contributed by atoms with Gasteiger partial charge in [-0.1, -0.05) is 0 Å². The summed E-state index contributed by atoms with van der Waals surface area (Å²) >= 11 is 0. The van der Waals surface area contributed by atoms with Crippen molar-refractivity contribution in [1.29, 1.82) is 0 Å². The number of rotatable bonds is 3. The van der Waals surface area contributed by atoms with Crippen molar-refractivity contribution >= 4 is 11.7 Å². The van der Waals surface area contributed by atoms with E-state index in [1.165, 1.54) is 0 Å². The molecule has 6 heteroatoms. The third kappa shape index (κ3) is 2.75. The van der Waals surface area contributed by atoms with Crippen LogP contribution in [0.25, 0.3) is 0 Å². The molecule has 1 aliphatic rings. The molecule has 1 saturated heterocycles. The second kappa shape index (κ2) is 6.17. The molecule has 1 atom stereocenters. The molecule has 1 aromatic rings. The Bertz CT molecular complexity index is 503. The summed E-state index contributed by atoms with van der Waals surface area (Å²) in [6.07, 6.45) is 1.91. The molecule has 1 aromatic heterocycles. The largest absolute Gasteiger partial charge is 0.359 e. The molecule has 2 heterocycles. The van der Waals surface area contributed by atoms with Gasteiger partial charge in [-0.15, -0.1) is 5.10 Å². The van der Waals surface area contributed by atoms with Crippen molar-refractivity contribution in [1.82, 2.24) is 15.5 Å². The van der Waals surface area contributed by atoms with Gasteiger partial charge in [0, 0.05) is 32.2 Å². The molecule has 0 spiro atoms. The molecule has 1 aliphatic heterocycles. The van der Waals surface area contributed by atoms with Gasteiger partial charge in [-0.2, -0.15) is 5.10 Å². The molecule has 0 aromatic carbocycles. The van der Waals surface area contributed by atoms with Crippen molar-refractivity contribution in [3.63, 3.8) is 0 Å². The van der Waals surface area contributed by atoms with Crippen LogP contribution in [0, 0.1) is 19.8 Å². The first-order valence-corrected chi connectivity index (χ1v) is 7.07. The van der Waals surface area contributed by atoms with Gasteiger partial charge in [-0.25, -0.2) is 0 Å². The summed E-state index contributed by atoms with van der Waals surface area (Å²) in [5, 5.41) is 11.3. The van der Waals surface area contributed by atoms with Gasteiger partial charge in [-0.05, 0) is 32.3 Å². The zero-order chi connectivity index (χ0) is 14.7. The van der Waals surface area contributed by atoms with E-state index in [-0.39, 0.29) is 11.8 Å². The molecular weight excluding hydrogens is 254 g/mol. The first kappa shape index (κ1) is 14.7. The fourth-order valence-corrected chi connectivity index (χ4v) is 2.73. The van der Waals surface area contributed by atoms with E-state index in [2.05, 4.69) is 20.4 Å². The lowest BCUT2D eigenvalue weighted by Gasteiger charge is -2.33. The van der Waals surface area contributed by atoms with Gasteiger partial charge in [0.05, 0.1) is 11.6 Å². The van der Waals surface area contributed by atoms with Crippen LogP contribution in [0.15, 0.2) is 0 Å². The van der Waals surface area contributed by atoms with Crippen LogP contribution in [0.4, 0.5) is 5.82 Å². The first-order valence-electron chi connectivity index (χ1n) is 7.07. The fraction of sp³-hybridized carbons (Fsp3) is 0.643. The molecule has 0 radical (unpaired) electrons. The lowest BCUT2D eigenvalue weighted by Crippen LogP contribution is -2.43. The van der Waals surface area contributed by atoms with E-state index in [1.807, 2.05) is 13.8 Å². The SMILES string of the molecule is CNC(=O)C1CCCN(c2nnc(C)c(C)c2CN)C1. The highest BCUT2D eigenvalue weighted by Gasteiger charge is 2.27. The van der Waals surface area contributed by atoms with Crippen molar-refractivity contribution < 1.29 is 4.79 Å². The number of aromatic nitrogens is 2. The number of carbonyl (C=O) groups is 1. The predicted octanol–water partition coefficient (Wildman–Crippen LogP) is 0.515. The van der Waals surface area contributed by atoms with Gasteiger partial charge in [0.1, 0.15) is 0 Å². The molecule has 0 saturated carbocycles. The smallest absolute Gasteiger partial charge is 0.224 e. The lowest BCUT2D eigenvalue weighted by atomic mass is 9.96. The number of aryl methyl sites for hydroxylation is 1. The Hall–Kier alpha value is -1.69. The molecule has 1 amide bonds. The first-order chi connectivity index (χ1) is 9.58. The summed E-state index contributed by atoms with van der Waals surface area (Å²) in [5.74, 6) is 0.952. The standard InChI is InChI=1S/C14H23N5O/c1-9-10(2)17-18-13(12(9)7-15)19-6-4-5-11(8-19)14(20)16-3/h11H,4-8,15H2,1-3H3,(H,16,20). The lowest BCUT2D eigenvalue weighted by molar-refractivity contribution is -0.124. The minimum absolute atomic E-state index is 0.0165. The maximum atomic E-state index is 11.8. The predicted molar refractivity (Wildman–Crippen MR) is 78.4 cm³/mol. The van der Waals surface area contributed by atoms with E-state index in [1.54, 1.807) is 7.05 Å². The summed E-state index contributed by atoms with van der Waals surface area (Å²) < 4.78 is 0. The van der Waals surface area contributed by atoms with Crippen LogP contribution in [-0.2, 0) is 11.3 Å². The highest BCUT2D eigenvalue weighted by atomic mass is 16.1. The summed E-state index contributed by atoms with van der Waals surface area (Å²) in [6, 6.07) is 0. The van der Waals surface area contributed by atoms with E-state index in [0.717, 1.165) is 42.0 Å². The normalized spacial score (nSPS) is 19.0. The Kier molecular flexibility index (Phi) is 4.54. The van der Waals surface area contributed by atoms with Crippen LogP contribution >= 0.6 is 0 Å². The topological polar surface area (TPSA) is 84.1 Å². The zero-order valence-corrected chi connectivity index (χ0v) is 12.4. The quantitative estimate of drug-likeness (QED) is 0.841. The summed E-state index contributed by atoms with van der Waals surface area (Å²) in [4.78, 5) is 14.0. The number of carbonyl (C=O) groups excluding carboxylic acids is 1. The second-order valence-corrected chi connectivity index (χ2v) is 5.32. The van der Waals surface area contributed by atoms with Crippen LogP contribution < -0.4 is 16.0 Å². The van der Waals surface area contributed by atoms with Gasteiger partial charge in [0.2, 0.25) is 5.91 Å². The molecule has 20 heavy (non-hydrogen) atoms. The highest BCUT2D eigenvalue weighted by molar-refractivity contribution is 5.79. The Morgan fingerprint density at radius 3 is 2.85 bits per heavy atom. The van der Waals surface area contributed by atoms with Gasteiger partial charge < -0.3 is 16.0 Å². The van der Waals surface area contributed by atoms with E-state index in [4.69, 9.17) is 5.73 Å². The Morgan fingerprint density at radius 1 is 1.45 bits per heavy atom. The number of anilines is 1. The molecule has 1 unspecified atom stereocenters. The van der Waals surface area contributed by atoms with Crippen molar-refractivity contribution in [2.45, 2.75) is 33.2 Å². The second-order valence-electron chi connectivity index (χ2n) is 5.32. The average molecular weight is 277 g/mol. The Labute approximate surface area is 119 Å². The van der Waals surface area contributed by atoms with Crippen molar-refractivity contribution in [3.05, 3.63) is 16.8 Å².